The number of aromatic amines is 1. The number of carbonyl (C=O) groups excluding carboxylic acids is 4. The molecule has 1 fully saturated rings. The smallest absolute Gasteiger partial charge is 0.421 e. The number of rotatable bonds is 4. The maximum absolute atomic E-state index is 13.1. The largest absolute Gasteiger partial charge is 0.447 e. The van der Waals surface area contributed by atoms with Crippen LogP contribution in [0.4, 0.5) is 10.5 Å². The number of hydrogen-bond acceptors (Lipinski definition) is 5. The molecule has 0 saturated carbocycles. The van der Waals surface area contributed by atoms with Gasteiger partial charge in [-0.25, -0.2) is 9.69 Å². The highest BCUT2D eigenvalue weighted by Gasteiger charge is 2.38. The molecule has 2 aliphatic heterocycles. The number of hydrogen-bond donors (Lipinski definition) is 1. The molecule has 0 atom stereocenters. The molecular weight excluding hydrogens is 386 g/mol. The zero-order valence-corrected chi connectivity index (χ0v) is 16.7. The second-order valence-electron chi connectivity index (χ2n) is 7.32. The quantitative estimate of drug-likeness (QED) is 0.621. The lowest BCUT2D eigenvalue weighted by molar-refractivity contribution is -0.139. The molecule has 4 amide bonds. The topological polar surface area (TPSA) is 99.8 Å². The number of benzene rings is 1. The molecule has 3 heterocycles. The van der Waals surface area contributed by atoms with Crippen LogP contribution < -0.4 is 4.90 Å². The normalized spacial score (nSPS) is 17.3. The van der Waals surface area contributed by atoms with E-state index < -0.39 is 12.0 Å². The zero-order valence-electron chi connectivity index (χ0n) is 16.7. The van der Waals surface area contributed by atoms with Crippen LogP contribution in [0.15, 0.2) is 30.3 Å². The van der Waals surface area contributed by atoms with Crippen LogP contribution in [0.3, 0.4) is 0 Å². The molecular formula is C22H21N3O5. The Morgan fingerprint density at radius 3 is 2.50 bits per heavy atom. The van der Waals surface area contributed by atoms with Crippen molar-refractivity contribution < 1.29 is 23.9 Å². The molecule has 1 aromatic carbocycles. The van der Waals surface area contributed by atoms with Gasteiger partial charge in [-0.2, -0.15) is 0 Å². The second-order valence-corrected chi connectivity index (χ2v) is 7.32. The summed E-state index contributed by atoms with van der Waals surface area (Å²) < 4.78 is 5.22. The first-order valence-corrected chi connectivity index (χ1v) is 9.68. The lowest BCUT2D eigenvalue weighted by Crippen LogP contribution is -2.37. The maximum atomic E-state index is 13.1. The number of fused-ring (bicyclic) bond motifs is 1. The van der Waals surface area contributed by atoms with Gasteiger partial charge in [0.25, 0.3) is 5.91 Å². The van der Waals surface area contributed by atoms with Crippen molar-refractivity contribution in [2.24, 2.45) is 0 Å². The van der Waals surface area contributed by atoms with Crippen molar-refractivity contribution in [1.29, 1.82) is 0 Å². The zero-order chi connectivity index (χ0) is 21.4. The third-order valence-electron chi connectivity index (χ3n) is 5.22. The highest BCUT2D eigenvalue weighted by molar-refractivity contribution is 6.41. The van der Waals surface area contributed by atoms with Gasteiger partial charge in [-0.05, 0) is 37.6 Å². The summed E-state index contributed by atoms with van der Waals surface area (Å²) in [4.78, 5) is 54.4. The lowest BCUT2D eigenvalue weighted by Gasteiger charge is -2.17. The van der Waals surface area contributed by atoms with Gasteiger partial charge in [0.1, 0.15) is 6.61 Å². The highest BCUT2D eigenvalue weighted by Crippen LogP contribution is 2.38. The predicted molar refractivity (Wildman–Crippen MR) is 109 cm³/mol. The lowest BCUT2D eigenvalue weighted by atomic mass is 10.1. The standard InChI is InChI=1S/C22H21N3O5/c1-13-11-14(2)23-17(13)12-16-15-5-3-4-6-18(15)25(21(16)28)22(29)30-10-9-24-19(26)7-8-20(24)27/h3-6,11-12,23H,7-10H2,1-2H3/b16-12-. The number of carbonyl (C=O) groups is 4. The van der Waals surface area contributed by atoms with Crippen molar-refractivity contribution in [3.05, 3.63) is 52.8 Å². The van der Waals surface area contributed by atoms with E-state index in [9.17, 15) is 19.2 Å². The molecule has 4 rings (SSSR count). The number of amides is 4. The van der Waals surface area contributed by atoms with Crippen LogP contribution >= 0.6 is 0 Å². The fourth-order valence-corrected chi connectivity index (χ4v) is 3.77. The van der Waals surface area contributed by atoms with Gasteiger partial charge in [-0.15, -0.1) is 0 Å². The molecule has 0 radical (unpaired) electrons. The molecule has 1 aromatic heterocycles. The van der Waals surface area contributed by atoms with Gasteiger partial charge in [0.15, 0.2) is 0 Å². The van der Waals surface area contributed by atoms with Crippen LogP contribution in [-0.4, -0.2) is 46.9 Å². The Hall–Kier alpha value is -3.68. The molecule has 0 bridgehead atoms. The van der Waals surface area contributed by atoms with Crippen LogP contribution in [0.25, 0.3) is 11.6 Å². The summed E-state index contributed by atoms with van der Waals surface area (Å²) in [6.45, 7) is 3.68. The summed E-state index contributed by atoms with van der Waals surface area (Å²) in [7, 11) is 0. The number of para-hydroxylation sites is 1. The molecule has 1 N–H and O–H groups in total. The second kappa shape index (κ2) is 7.62. The van der Waals surface area contributed by atoms with Crippen molar-refractivity contribution in [2.75, 3.05) is 18.1 Å². The Morgan fingerprint density at radius 2 is 1.83 bits per heavy atom. The molecule has 8 nitrogen and oxygen atoms in total. The molecule has 2 aliphatic rings. The van der Waals surface area contributed by atoms with E-state index in [2.05, 4.69) is 4.98 Å². The van der Waals surface area contributed by atoms with Crippen molar-refractivity contribution in [3.63, 3.8) is 0 Å². The van der Waals surface area contributed by atoms with Gasteiger partial charge in [0, 0.05) is 29.8 Å². The average molecular weight is 407 g/mol. The molecule has 0 spiro atoms. The summed E-state index contributed by atoms with van der Waals surface area (Å²) >= 11 is 0. The van der Waals surface area contributed by atoms with Crippen molar-refractivity contribution in [3.8, 4) is 0 Å². The number of aryl methyl sites for hydroxylation is 2. The number of ether oxygens (including phenoxy) is 1. The van der Waals surface area contributed by atoms with E-state index in [0.29, 0.717) is 16.8 Å². The number of nitrogens with zero attached hydrogens (tertiary/aromatic N) is 2. The minimum absolute atomic E-state index is 0.0171. The van der Waals surface area contributed by atoms with Gasteiger partial charge in [0.05, 0.1) is 17.8 Å². The fourth-order valence-electron chi connectivity index (χ4n) is 3.77. The molecule has 0 aliphatic carbocycles. The van der Waals surface area contributed by atoms with Gasteiger partial charge in [0.2, 0.25) is 11.8 Å². The minimum atomic E-state index is -0.839. The Balaban J connectivity index is 1.54. The number of imide groups is 2. The number of nitrogens with one attached hydrogen (secondary N) is 1. The van der Waals surface area contributed by atoms with Gasteiger partial charge in [-0.1, -0.05) is 18.2 Å². The molecule has 8 heteroatoms. The van der Waals surface area contributed by atoms with Gasteiger partial charge < -0.3 is 9.72 Å². The Kier molecular flexibility index (Phi) is 4.99. The van der Waals surface area contributed by atoms with Crippen LogP contribution in [0.5, 0.6) is 0 Å². The van der Waals surface area contributed by atoms with Crippen molar-refractivity contribution >= 4 is 41.2 Å². The van der Waals surface area contributed by atoms with E-state index in [-0.39, 0.29) is 37.8 Å². The van der Waals surface area contributed by atoms with E-state index in [0.717, 1.165) is 26.8 Å². The number of aromatic nitrogens is 1. The number of anilines is 1. The molecule has 1 saturated heterocycles. The van der Waals surface area contributed by atoms with Crippen LogP contribution in [-0.2, 0) is 19.1 Å². The Bertz CT molecular complexity index is 1080. The first-order chi connectivity index (χ1) is 14.4. The van der Waals surface area contributed by atoms with E-state index in [1.54, 1.807) is 30.3 Å². The first-order valence-electron chi connectivity index (χ1n) is 9.68. The maximum Gasteiger partial charge on any atom is 0.421 e. The molecule has 0 unspecified atom stereocenters. The third kappa shape index (κ3) is 3.41. The summed E-state index contributed by atoms with van der Waals surface area (Å²) in [5, 5.41) is 0. The van der Waals surface area contributed by atoms with Crippen LogP contribution in [0.2, 0.25) is 0 Å². The molecule has 2 aromatic rings. The number of likely N-dealkylation sites (tertiary alicyclic amines) is 1. The van der Waals surface area contributed by atoms with E-state index >= 15 is 0 Å². The highest BCUT2D eigenvalue weighted by atomic mass is 16.6. The monoisotopic (exact) mass is 407 g/mol. The van der Waals surface area contributed by atoms with E-state index in [4.69, 9.17) is 4.74 Å². The number of H-pyrrole nitrogens is 1. The van der Waals surface area contributed by atoms with E-state index in [1.165, 1.54) is 0 Å². The average Bonchev–Trinajstić information content (AvgIpc) is 3.30. The Labute approximate surface area is 173 Å². The first kappa shape index (κ1) is 19.6. The Morgan fingerprint density at radius 1 is 1.13 bits per heavy atom. The summed E-state index contributed by atoms with van der Waals surface area (Å²) in [6, 6.07) is 8.96. The van der Waals surface area contributed by atoms with Crippen LogP contribution in [0, 0.1) is 13.8 Å². The van der Waals surface area contributed by atoms with Crippen LogP contribution in [0.1, 0.15) is 35.4 Å². The summed E-state index contributed by atoms with van der Waals surface area (Å²) in [6.07, 6.45) is 1.25. The SMILES string of the molecule is Cc1cc(C)c(/C=C2\C(=O)N(C(=O)OCCN3C(=O)CCC3=O)c3ccccc32)[nH]1. The summed E-state index contributed by atoms with van der Waals surface area (Å²) in [5.74, 6) is -1.04. The minimum Gasteiger partial charge on any atom is -0.447 e. The summed E-state index contributed by atoms with van der Waals surface area (Å²) in [5.41, 5.74) is 4.22. The fraction of sp³-hybridized carbons (Fsp3) is 0.273. The third-order valence-corrected chi connectivity index (χ3v) is 5.22. The molecule has 154 valence electrons. The van der Waals surface area contributed by atoms with Crippen molar-refractivity contribution in [2.45, 2.75) is 26.7 Å². The van der Waals surface area contributed by atoms with Gasteiger partial charge in [-0.3, -0.25) is 19.3 Å². The molecule has 30 heavy (non-hydrogen) atoms. The van der Waals surface area contributed by atoms with Crippen molar-refractivity contribution in [1.82, 2.24) is 9.88 Å². The van der Waals surface area contributed by atoms with Gasteiger partial charge >= 0.3 is 6.09 Å². The predicted octanol–water partition coefficient (Wildman–Crippen LogP) is 2.80. The van der Waals surface area contributed by atoms with E-state index in [1.807, 2.05) is 19.9 Å².